The number of hydrogen-bond acceptors (Lipinski definition) is 4. The number of carbonyl (C=O) groups is 2. The predicted octanol–water partition coefficient (Wildman–Crippen LogP) is 1.60. The minimum atomic E-state index is -1.99. The molecule has 0 fully saturated rings. The lowest BCUT2D eigenvalue weighted by molar-refractivity contribution is -0.155. The van der Waals surface area contributed by atoms with E-state index in [1.165, 1.54) is 11.3 Å². The van der Waals surface area contributed by atoms with Crippen LogP contribution in [0.4, 0.5) is 4.79 Å². The lowest BCUT2D eigenvalue weighted by atomic mass is 10.1. The Morgan fingerprint density at radius 1 is 1.53 bits per heavy atom. The molecule has 0 bridgehead atoms. The zero-order valence-corrected chi connectivity index (χ0v) is 12.0. The highest BCUT2D eigenvalue weighted by Gasteiger charge is 2.30. The Bertz CT molecular complexity index is 475. The van der Waals surface area contributed by atoms with Gasteiger partial charge in [0.2, 0.25) is 0 Å². The quantitative estimate of drug-likeness (QED) is 0.664. The highest BCUT2D eigenvalue weighted by molar-refractivity contribution is 7.16. The first kappa shape index (κ1) is 15.7. The van der Waals surface area contributed by atoms with Crippen molar-refractivity contribution in [2.24, 2.45) is 0 Å². The van der Waals surface area contributed by atoms with Gasteiger partial charge in [-0.1, -0.05) is 11.6 Å². The van der Waals surface area contributed by atoms with Crippen LogP contribution in [0.15, 0.2) is 12.1 Å². The smallest absolute Gasteiger partial charge is 0.337 e. The second-order valence-electron chi connectivity index (χ2n) is 4.27. The molecule has 0 saturated carbocycles. The summed E-state index contributed by atoms with van der Waals surface area (Å²) in [6, 6.07) is 2.71. The maximum atomic E-state index is 11.5. The van der Waals surface area contributed by atoms with Crippen molar-refractivity contribution in [3.8, 4) is 0 Å². The average Bonchev–Trinajstić information content (AvgIpc) is 2.73. The lowest BCUT2D eigenvalue weighted by Gasteiger charge is -2.19. The van der Waals surface area contributed by atoms with Crippen molar-refractivity contribution in [1.29, 1.82) is 0 Å². The first-order valence-corrected chi connectivity index (χ1v) is 6.67. The SMILES string of the molecule is CC(NC(=O)NCC(C)(O)C(=O)O)c1ccc(Cl)s1. The van der Waals surface area contributed by atoms with Crippen LogP contribution in [-0.2, 0) is 4.79 Å². The van der Waals surface area contributed by atoms with Gasteiger partial charge in [0, 0.05) is 4.88 Å². The second-order valence-corrected chi connectivity index (χ2v) is 6.02. The Balaban J connectivity index is 2.46. The molecule has 0 aliphatic rings. The molecule has 4 N–H and O–H groups in total. The van der Waals surface area contributed by atoms with Gasteiger partial charge in [-0.25, -0.2) is 9.59 Å². The molecule has 0 saturated heterocycles. The van der Waals surface area contributed by atoms with Crippen molar-refractivity contribution >= 4 is 34.9 Å². The van der Waals surface area contributed by atoms with Crippen molar-refractivity contribution in [3.63, 3.8) is 0 Å². The summed E-state index contributed by atoms with van der Waals surface area (Å²) in [5, 5.41) is 23.0. The molecule has 0 aliphatic carbocycles. The van der Waals surface area contributed by atoms with Gasteiger partial charge in [-0.05, 0) is 26.0 Å². The molecule has 1 aromatic rings. The third-order valence-corrected chi connectivity index (χ3v) is 3.84. The van der Waals surface area contributed by atoms with Crippen molar-refractivity contribution < 1.29 is 19.8 Å². The number of carboxylic acids is 1. The van der Waals surface area contributed by atoms with Gasteiger partial charge in [-0.2, -0.15) is 0 Å². The van der Waals surface area contributed by atoms with Crippen LogP contribution in [0.2, 0.25) is 4.34 Å². The maximum Gasteiger partial charge on any atom is 0.337 e. The molecule has 0 aliphatic heterocycles. The van der Waals surface area contributed by atoms with Crippen LogP contribution in [0.25, 0.3) is 0 Å². The summed E-state index contributed by atoms with van der Waals surface area (Å²) < 4.78 is 0.623. The van der Waals surface area contributed by atoms with E-state index < -0.39 is 17.6 Å². The first-order valence-electron chi connectivity index (χ1n) is 5.48. The fraction of sp³-hybridized carbons (Fsp3) is 0.455. The molecule has 1 aromatic heterocycles. The molecule has 19 heavy (non-hydrogen) atoms. The Kier molecular flexibility index (Phi) is 5.16. The van der Waals surface area contributed by atoms with Crippen molar-refractivity contribution in [3.05, 3.63) is 21.3 Å². The number of rotatable bonds is 5. The molecule has 1 rings (SSSR count). The summed E-state index contributed by atoms with van der Waals surface area (Å²) in [6.07, 6.45) is 0. The van der Waals surface area contributed by atoms with E-state index in [1.807, 2.05) is 0 Å². The minimum absolute atomic E-state index is 0.257. The van der Waals surface area contributed by atoms with Crippen molar-refractivity contribution in [2.75, 3.05) is 6.54 Å². The number of aliphatic hydroxyl groups is 1. The van der Waals surface area contributed by atoms with E-state index in [1.54, 1.807) is 19.1 Å². The molecule has 0 spiro atoms. The maximum absolute atomic E-state index is 11.5. The van der Waals surface area contributed by atoms with Crippen molar-refractivity contribution in [2.45, 2.75) is 25.5 Å². The minimum Gasteiger partial charge on any atom is -0.479 e. The van der Waals surface area contributed by atoms with E-state index in [-0.39, 0.29) is 12.6 Å². The number of aliphatic carboxylic acids is 1. The molecule has 0 aromatic carbocycles. The molecule has 0 radical (unpaired) electrons. The molecule has 2 amide bonds. The molecular formula is C11H15ClN2O4S. The third kappa shape index (κ3) is 4.70. The Labute approximate surface area is 119 Å². The average molecular weight is 307 g/mol. The van der Waals surface area contributed by atoms with E-state index in [4.69, 9.17) is 16.7 Å². The normalized spacial score (nSPS) is 15.4. The van der Waals surface area contributed by atoms with Crippen LogP contribution in [-0.4, -0.2) is 34.4 Å². The zero-order valence-electron chi connectivity index (χ0n) is 10.4. The van der Waals surface area contributed by atoms with Crippen LogP contribution in [0.1, 0.15) is 24.8 Å². The standard InChI is InChI=1S/C11H15ClN2O4S/c1-6(7-3-4-8(12)19-7)14-10(17)13-5-11(2,18)9(15)16/h3-4,6,18H,5H2,1-2H3,(H,15,16)(H2,13,14,17). The van der Waals surface area contributed by atoms with Gasteiger partial charge in [0.1, 0.15) is 0 Å². The summed E-state index contributed by atoms with van der Waals surface area (Å²) in [7, 11) is 0. The van der Waals surface area contributed by atoms with Crippen LogP contribution >= 0.6 is 22.9 Å². The number of carbonyl (C=O) groups excluding carboxylic acids is 1. The number of thiophene rings is 1. The lowest BCUT2D eigenvalue weighted by Crippen LogP contribution is -2.49. The highest BCUT2D eigenvalue weighted by Crippen LogP contribution is 2.26. The predicted molar refractivity (Wildman–Crippen MR) is 72.5 cm³/mol. The summed E-state index contributed by atoms with van der Waals surface area (Å²) in [4.78, 5) is 23.1. The number of carboxylic acid groups (broad SMARTS) is 1. The van der Waals surface area contributed by atoms with Gasteiger partial charge >= 0.3 is 12.0 Å². The van der Waals surface area contributed by atoms with Gasteiger partial charge in [0.05, 0.1) is 16.9 Å². The molecule has 8 heteroatoms. The zero-order chi connectivity index (χ0) is 14.6. The van der Waals surface area contributed by atoms with E-state index in [0.717, 1.165) is 11.8 Å². The van der Waals surface area contributed by atoms with E-state index >= 15 is 0 Å². The van der Waals surface area contributed by atoms with Crippen LogP contribution in [0, 0.1) is 0 Å². The van der Waals surface area contributed by atoms with Gasteiger partial charge in [0.15, 0.2) is 5.60 Å². The largest absolute Gasteiger partial charge is 0.479 e. The van der Waals surface area contributed by atoms with Crippen molar-refractivity contribution in [1.82, 2.24) is 10.6 Å². The fourth-order valence-electron chi connectivity index (χ4n) is 1.21. The number of nitrogens with one attached hydrogen (secondary N) is 2. The molecular weight excluding hydrogens is 292 g/mol. The summed E-state index contributed by atoms with van der Waals surface area (Å²) in [5.41, 5.74) is -1.99. The molecule has 2 unspecified atom stereocenters. The van der Waals surface area contributed by atoms with Gasteiger partial charge in [-0.3, -0.25) is 0 Å². The summed E-state index contributed by atoms with van der Waals surface area (Å²) in [5.74, 6) is -1.40. The van der Waals surface area contributed by atoms with E-state index in [9.17, 15) is 14.7 Å². The molecule has 2 atom stereocenters. The first-order chi connectivity index (χ1) is 8.72. The monoisotopic (exact) mass is 306 g/mol. The van der Waals surface area contributed by atoms with Crippen LogP contribution in [0.5, 0.6) is 0 Å². The summed E-state index contributed by atoms with van der Waals surface area (Å²) >= 11 is 7.13. The Morgan fingerprint density at radius 3 is 2.63 bits per heavy atom. The molecule has 106 valence electrons. The van der Waals surface area contributed by atoms with Gasteiger partial charge in [0.25, 0.3) is 0 Å². The number of amides is 2. The Morgan fingerprint density at radius 2 is 2.16 bits per heavy atom. The summed E-state index contributed by atoms with van der Waals surface area (Å²) in [6.45, 7) is 2.50. The second kappa shape index (κ2) is 6.23. The van der Waals surface area contributed by atoms with Gasteiger partial charge < -0.3 is 20.8 Å². The molecule has 1 heterocycles. The topological polar surface area (TPSA) is 98.7 Å². The van der Waals surface area contributed by atoms with Crippen LogP contribution in [0.3, 0.4) is 0 Å². The number of halogens is 1. The molecule has 6 nitrogen and oxygen atoms in total. The van der Waals surface area contributed by atoms with E-state index in [0.29, 0.717) is 4.34 Å². The Hall–Kier alpha value is -1.31. The number of hydrogen-bond donors (Lipinski definition) is 4. The van der Waals surface area contributed by atoms with Crippen LogP contribution < -0.4 is 10.6 Å². The highest BCUT2D eigenvalue weighted by atomic mass is 35.5. The van der Waals surface area contributed by atoms with E-state index in [2.05, 4.69) is 10.6 Å². The third-order valence-electron chi connectivity index (χ3n) is 2.42. The van der Waals surface area contributed by atoms with Gasteiger partial charge in [-0.15, -0.1) is 11.3 Å². The number of urea groups is 1. The fourth-order valence-corrected chi connectivity index (χ4v) is 2.27.